The van der Waals surface area contributed by atoms with Crippen molar-refractivity contribution in [3.05, 3.63) is 75.0 Å². The number of rotatable bonds is 6. The van der Waals surface area contributed by atoms with Crippen molar-refractivity contribution < 1.29 is 9.59 Å². The molecule has 2 amide bonds. The van der Waals surface area contributed by atoms with Crippen molar-refractivity contribution in [1.29, 1.82) is 0 Å². The number of halogens is 1. The first-order valence-electron chi connectivity index (χ1n) is 10.3. The van der Waals surface area contributed by atoms with E-state index in [1.807, 2.05) is 32.0 Å². The molecule has 0 aliphatic heterocycles. The number of anilines is 2. The summed E-state index contributed by atoms with van der Waals surface area (Å²) in [6.07, 6.45) is 0.327. The summed E-state index contributed by atoms with van der Waals surface area (Å²) in [7, 11) is 0. The Labute approximate surface area is 191 Å². The molecule has 0 spiro atoms. The average molecular weight is 453 g/mol. The summed E-state index contributed by atoms with van der Waals surface area (Å²) < 4.78 is 1.13. The third-order valence-corrected chi connectivity index (χ3v) is 5.48. The lowest BCUT2D eigenvalue weighted by Crippen LogP contribution is -2.36. The molecule has 1 aromatic heterocycles. The minimum Gasteiger partial charge on any atom is -0.324 e. The van der Waals surface area contributed by atoms with E-state index in [-0.39, 0.29) is 11.6 Å². The van der Waals surface area contributed by atoms with Crippen molar-refractivity contribution in [2.45, 2.75) is 40.2 Å². The van der Waals surface area contributed by atoms with E-state index in [9.17, 15) is 14.4 Å². The van der Waals surface area contributed by atoms with E-state index in [1.54, 1.807) is 31.2 Å². The molecule has 32 heavy (non-hydrogen) atoms. The van der Waals surface area contributed by atoms with Crippen LogP contribution in [-0.2, 0) is 9.59 Å². The monoisotopic (exact) mass is 452 g/mol. The highest BCUT2D eigenvalue weighted by molar-refractivity contribution is 6.30. The summed E-state index contributed by atoms with van der Waals surface area (Å²) in [6.45, 7) is 7.00. The molecule has 2 aromatic carbocycles. The van der Waals surface area contributed by atoms with Gasteiger partial charge in [-0.2, -0.15) is 5.10 Å². The lowest BCUT2D eigenvalue weighted by molar-refractivity contribution is -0.119. The van der Waals surface area contributed by atoms with Crippen LogP contribution < -0.4 is 16.2 Å². The van der Waals surface area contributed by atoms with E-state index in [2.05, 4.69) is 15.7 Å². The lowest BCUT2D eigenvalue weighted by atomic mass is 10.1. The third-order valence-electron chi connectivity index (χ3n) is 5.23. The maximum Gasteiger partial charge on any atom is 0.291 e. The summed E-state index contributed by atoms with van der Waals surface area (Å²) in [5.74, 6) is -0.757. The smallest absolute Gasteiger partial charge is 0.291 e. The van der Waals surface area contributed by atoms with Gasteiger partial charge in [0, 0.05) is 23.2 Å². The Balaban J connectivity index is 2.08. The van der Waals surface area contributed by atoms with Crippen LogP contribution in [0.25, 0.3) is 11.3 Å². The highest BCUT2D eigenvalue weighted by Gasteiger charge is 2.24. The van der Waals surface area contributed by atoms with Crippen LogP contribution in [0.15, 0.2) is 53.3 Å². The number of aryl methyl sites for hydroxylation is 1. The second-order valence-corrected chi connectivity index (χ2v) is 7.98. The molecule has 7 nitrogen and oxygen atoms in total. The van der Waals surface area contributed by atoms with Crippen LogP contribution in [0.1, 0.15) is 37.4 Å². The summed E-state index contributed by atoms with van der Waals surface area (Å²) in [5, 5.41) is 10.5. The van der Waals surface area contributed by atoms with Gasteiger partial charge < -0.3 is 10.6 Å². The summed E-state index contributed by atoms with van der Waals surface area (Å²) in [4.78, 5) is 38.0. The van der Waals surface area contributed by atoms with Crippen molar-refractivity contribution in [1.82, 2.24) is 9.78 Å². The van der Waals surface area contributed by atoms with Crippen LogP contribution in [0, 0.1) is 13.8 Å². The summed E-state index contributed by atoms with van der Waals surface area (Å²) in [6, 6.07) is 13.2. The average Bonchev–Trinajstić information content (AvgIpc) is 2.74. The maximum absolute atomic E-state index is 13.2. The molecule has 3 aromatic rings. The Hall–Kier alpha value is -3.45. The minimum absolute atomic E-state index is 0.0513. The SMILES string of the molecule is CC[C@H](C(=O)Nc1cccc(C)c1C)n1nc(-c2ccc(Cl)cc2)cc(NC(C)=O)c1=O. The van der Waals surface area contributed by atoms with E-state index >= 15 is 0 Å². The summed E-state index contributed by atoms with van der Waals surface area (Å²) >= 11 is 5.99. The van der Waals surface area contributed by atoms with E-state index < -0.39 is 17.5 Å². The topological polar surface area (TPSA) is 93.1 Å². The zero-order valence-electron chi connectivity index (χ0n) is 18.4. The number of nitrogens with zero attached hydrogens (tertiary/aromatic N) is 2. The van der Waals surface area contributed by atoms with Crippen LogP contribution >= 0.6 is 11.6 Å². The molecule has 0 radical (unpaired) electrons. The molecule has 166 valence electrons. The van der Waals surface area contributed by atoms with Gasteiger partial charge in [0.05, 0.1) is 5.69 Å². The number of carbonyl (C=O) groups is 2. The molecule has 8 heteroatoms. The van der Waals surface area contributed by atoms with Gasteiger partial charge in [-0.15, -0.1) is 0 Å². The largest absolute Gasteiger partial charge is 0.324 e. The van der Waals surface area contributed by atoms with Gasteiger partial charge in [-0.1, -0.05) is 42.8 Å². The van der Waals surface area contributed by atoms with E-state index in [0.29, 0.717) is 28.4 Å². The number of hydrogen-bond acceptors (Lipinski definition) is 4. The van der Waals surface area contributed by atoms with Crippen LogP contribution in [-0.4, -0.2) is 21.6 Å². The van der Waals surface area contributed by atoms with Crippen LogP contribution in [0.4, 0.5) is 11.4 Å². The van der Waals surface area contributed by atoms with Crippen LogP contribution in [0.3, 0.4) is 0 Å². The van der Waals surface area contributed by atoms with Gasteiger partial charge in [0.25, 0.3) is 5.56 Å². The Morgan fingerprint density at radius 1 is 1.06 bits per heavy atom. The quantitative estimate of drug-likeness (QED) is 0.565. The molecular formula is C24H25ClN4O3. The molecule has 0 bridgehead atoms. The number of carbonyl (C=O) groups excluding carboxylic acids is 2. The minimum atomic E-state index is -0.873. The fraction of sp³-hybridized carbons (Fsp3) is 0.250. The molecule has 0 saturated carbocycles. The summed E-state index contributed by atoms with van der Waals surface area (Å²) in [5.41, 5.74) is 3.30. The number of aromatic nitrogens is 2. The number of hydrogen-bond donors (Lipinski definition) is 2. The Bertz CT molecular complexity index is 1220. The number of nitrogens with one attached hydrogen (secondary N) is 2. The van der Waals surface area contributed by atoms with Gasteiger partial charge in [-0.25, -0.2) is 4.68 Å². The molecule has 1 atom stereocenters. The van der Waals surface area contributed by atoms with Crippen molar-refractivity contribution in [3.63, 3.8) is 0 Å². The molecule has 0 aliphatic carbocycles. The number of amides is 2. The fourth-order valence-corrected chi connectivity index (χ4v) is 3.46. The highest BCUT2D eigenvalue weighted by Crippen LogP contribution is 2.24. The standard InChI is InChI=1S/C24H25ClN4O3/c1-5-22(23(31)27-19-8-6-7-14(2)15(19)3)29-24(32)21(26-16(4)30)13-20(28-29)17-9-11-18(25)12-10-17/h6-13,22H,5H2,1-4H3,(H,26,30)(H,27,31)/t22-/m1/s1. The molecule has 0 aliphatic rings. The lowest BCUT2D eigenvalue weighted by Gasteiger charge is -2.20. The first kappa shape index (κ1) is 23.2. The predicted octanol–water partition coefficient (Wildman–Crippen LogP) is 4.73. The molecule has 2 N–H and O–H groups in total. The van der Waals surface area contributed by atoms with E-state index in [4.69, 9.17) is 11.6 Å². The van der Waals surface area contributed by atoms with Gasteiger partial charge in [-0.05, 0) is 55.7 Å². The third kappa shape index (κ3) is 5.06. The zero-order valence-corrected chi connectivity index (χ0v) is 19.2. The van der Waals surface area contributed by atoms with Crippen LogP contribution in [0.5, 0.6) is 0 Å². The molecule has 0 saturated heterocycles. The number of benzene rings is 2. The van der Waals surface area contributed by atoms with Crippen molar-refractivity contribution in [2.75, 3.05) is 10.6 Å². The molecule has 1 heterocycles. The predicted molar refractivity (Wildman–Crippen MR) is 127 cm³/mol. The maximum atomic E-state index is 13.2. The van der Waals surface area contributed by atoms with Crippen LogP contribution in [0.2, 0.25) is 5.02 Å². The fourth-order valence-electron chi connectivity index (χ4n) is 3.34. The van der Waals surface area contributed by atoms with Crippen molar-refractivity contribution in [2.24, 2.45) is 0 Å². The second kappa shape index (κ2) is 9.78. The molecule has 3 rings (SSSR count). The van der Waals surface area contributed by atoms with Crippen molar-refractivity contribution >= 4 is 34.8 Å². The van der Waals surface area contributed by atoms with E-state index in [0.717, 1.165) is 15.8 Å². The van der Waals surface area contributed by atoms with Gasteiger partial charge in [0.1, 0.15) is 11.7 Å². The Morgan fingerprint density at radius 3 is 2.38 bits per heavy atom. The first-order chi connectivity index (χ1) is 15.2. The van der Waals surface area contributed by atoms with Crippen molar-refractivity contribution in [3.8, 4) is 11.3 Å². The van der Waals surface area contributed by atoms with Gasteiger partial charge in [-0.3, -0.25) is 14.4 Å². The van der Waals surface area contributed by atoms with Gasteiger partial charge in [0.2, 0.25) is 11.8 Å². The normalized spacial score (nSPS) is 11.7. The van der Waals surface area contributed by atoms with Gasteiger partial charge >= 0.3 is 0 Å². The molecular weight excluding hydrogens is 428 g/mol. The Kier molecular flexibility index (Phi) is 7.10. The van der Waals surface area contributed by atoms with E-state index in [1.165, 1.54) is 13.0 Å². The van der Waals surface area contributed by atoms with Gasteiger partial charge in [0.15, 0.2) is 0 Å². The zero-order chi connectivity index (χ0) is 23.4. The highest BCUT2D eigenvalue weighted by atomic mass is 35.5. The molecule has 0 fully saturated rings. The first-order valence-corrected chi connectivity index (χ1v) is 10.6. The second-order valence-electron chi connectivity index (χ2n) is 7.54. The Morgan fingerprint density at radius 2 is 1.75 bits per heavy atom. The molecule has 0 unspecified atom stereocenters.